The fourth-order valence-corrected chi connectivity index (χ4v) is 3.91. The van der Waals surface area contributed by atoms with E-state index in [0.29, 0.717) is 18.5 Å². The Hall–Kier alpha value is -0.230. The van der Waals surface area contributed by atoms with Gasteiger partial charge in [-0.05, 0) is 48.1 Å². The number of likely N-dealkylation sites (N-methyl/N-ethyl adjacent to an activating group) is 1. The topological polar surface area (TPSA) is 23.6 Å². The van der Waals surface area contributed by atoms with Crippen molar-refractivity contribution >= 4 is 33.0 Å². The smallest absolute Gasteiger partial charge is 0.186 e. The molecular formula is C13H19BrN2OS. The van der Waals surface area contributed by atoms with Crippen molar-refractivity contribution in [2.75, 3.05) is 33.7 Å². The fraction of sp³-hybridized carbons (Fsp3) is 0.615. The van der Waals surface area contributed by atoms with Crippen LogP contribution in [0.1, 0.15) is 16.6 Å². The van der Waals surface area contributed by atoms with Crippen LogP contribution in [-0.2, 0) is 0 Å². The summed E-state index contributed by atoms with van der Waals surface area (Å²) in [6, 6.07) is 4.40. The summed E-state index contributed by atoms with van der Waals surface area (Å²) in [6.45, 7) is 4.81. The van der Waals surface area contributed by atoms with E-state index in [-0.39, 0.29) is 5.78 Å². The summed E-state index contributed by atoms with van der Waals surface area (Å²) in [5.74, 6) is 0.861. The van der Waals surface area contributed by atoms with Gasteiger partial charge in [0.25, 0.3) is 0 Å². The maximum atomic E-state index is 12.1. The zero-order valence-electron chi connectivity index (χ0n) is 11.0. The standard InChI is InChI=1S/C13H19BrN2OS/c1-9-6-16(7-10(9)15(2)3)8-11(17)12-4-5-13(14)18-12/h4-5,9-10H,6-8H2,1-3H3. The molecular weight excluding hydrogens is 312 g/mol. The molecule has 1 saturated heterocycles. The SMILES string of the molecule is CC1CN(CC(=O)c2ccc(Br)s2)CC1N(C)C. The second-order valence-corrected chi connectivity index (χ2v) is 7.69. The number of Topliss-reactive ketones (excluding diaryl/α,β-unsaturated/α-hetero) is 1. The largest absolute Gasteiger partial charge is 0.305 e. The lowest BCUT2D eigenvalue weighted by atomic mass is 10.1. The summed E-state index contributed by atoms with van der Waals surface area (Å²) < 4.78 is 1.02. The van der Waals surface area contributed by atoms with Crippen LogP contribution in [0.5, 0.6) is 0 Å². The Morgan fingerprint density at radius 2 is 2.22 bits per heavy atom. The van der Waals surface area contributed by atoms with Gasteiger partial charge >= 0.3 is 0 Å². The van der Waals surface area contributed by atoms with Crippen LogP contribution in [0.15, 0.2) is 15.9 Å². The van der Waals surface area contributed by atoms with E-state index in [0.717, 1.165) is 21.8 Å². The highest BCUT2D eigenvalue weighted by Crippen LogP contribution is 2.24. The van der Waals surface area contributed by atoms with Crippen molar-refractivity contribution in [3.8, 4) is 0 Å². The lowest BCUT2D eigenvalue weighted by Crippen LogP contribution is -2.35. The van der Waals surface area contributed by atoms with Gasteiger partial charge in [0.1, 0.15) is 0 Å². The van der Waals surface area contributed by atoms with Gasteiger partial charge in [0.2, 0.25) is 0 Å². The zero-order chi connectivity index (χ0) is 13.3. The Morgan fingerprint density at radius 1 is 1.50 bits per heavy atom. The lowest BCUT2D eigenvalue weighted by molar-refractivity contribution is 0.0945. The Bertz CT molecular complexity index is 432. The van der Waals surface area contributed by atoms with E-state index in [1.54, 1.807) is 0 Å². The Morgan fingerprint density at radius 3 is 2.72 bits per heavy atom. The number of nitrogens with zero attached hydrogens (tertiary/aromatic N) is 2. The van der Waals surface area contributed by atoms with Crippen LogP contribution in [-0.4, -0.2) is 55.4 Å². The van der Waals surface area contributed by atoms with Crippen LogP contribution in [0.3, 0.4) is 0 Å². The number of hydrogen-bond acceptors (Lipinski definition) is 4. The van der Waals surface area contributed by atoms with Crippen molar-refractivity contribution in [2.24, 2.45) is 5.92 Å². The van der Waals surface area contributed by atoms with Crippen molar-refractivity contribution in [3.05, 3.63) is 20.8 Å². The van der Waals surface area contributed by atoms with Crippen LogP contribution in [0, 0.1) is 5.92 Å². The van der Waals surface area contributed by atoms with Crippen molar-refractivity contribution in [3.63, 3.8) is 0 Å². The normalized spacial score (nSPS) is 24.9. The number of rotatable bonds is 4. The molecule has 0 bridgehead atoms. The molecule has 1 aliphatic rings. The molecule has 1 aromatic rings. The zero-order valence-corrected chi connectivity index (χ0v) is 13.4. The summed E-state index contributed by atoms with van der Waals surface area (Å²) in [5, 5.41) is 0. The number of carbonyl (C=O) groups is 1. The monoisotopic (exact) mass is 330 g/mol. The van der Waals surface area contributed by atoms with Crippen LogP contribution < -0.4 is 0 Å². The van der Waals surface area contributed by atoms with E-state index >= 15 is 0 Å². The van der Waals surface area contributed by atoms with Crippen molar-refractivity contribution in [2.45, 2.75) is 13.0 Å². The van der Waals surface area contributed by atoms with Gasteiger partial charge in [-0.1, -0.05) is 6.92 Å². The summed E-state index contributed by atoms with van der Waals surface area (Å²) in [7, 11) is 4.23. The molecule has 2 rings (SSSR count). The molecule has 1 fully saturated rings. The quantitative estimate of drug-likeness (QED) is 0.793. The van der Waals surface area contributed by atoms with Gasteiger partial charge in [-0.25, -0.2) is 0 Å². The first-order valence-corrected chi connectivity index (χ1v) is 7.75. The summed E-state index contributed by atoms with van der Waals surface area (Å²) in [4.78, 5) is 17.5. The van der Waals surface area contributed by atoms with Crippen LogP contribution in [0.2, 0.25) is 0 Å². The van der Waals surface area contributed by atoms with Gasteiger partial charge in [0.05, 0.1) is 15.2 Å². The average Bonchev–Trinajstić information content (AvgIpc) is 2.85. The summed E-state index contributed by atoms with van der Waals surface area (Å²) in [5.41, 5.74) is 0. The van der Waals surface area contributed by atoms with Gasteiger partial charge in [-0.2, -0.15) is 0 Å². The highest BCUT2D eigenvalue weighted by molar-refractivity contribution is 9.11. The number of carbonyl (C=O) groups excluding carboxylic acids is 1. The van der Waals surface area contributed by atoms with Gasteiger partial charge in [0, 0.05) is 19.1 Å². The highest BCUT2D eigenvalue weighted by Gasteiger charge is 2.31. The summed E-state index contributed by atoms with van der Waals surface area (Å²) in [6.07, 6.45) is 0. The first kappa shape index (κ1) is 14.2. The third-order valence-electron chi connectivity index (χ3n) is 3.53. The minimum Gasteiger partial charge on any atom is -0.305 e. The molecule has 100 valence electrons. The fourth-order valence-electron chi connectivity index (χ4n) is 2.59. The second-order valence-electron chi connectivity index (χ2n) is 5.23. The summed E-state index contributed by atoms with van der Waals surface area (Å²) >= 11 is 4.91. The highest BCUT2D eigenvalue weighted by atomic mass is 79.9. The van der Waals surface area contributed by atoms with Gasteiger partial charge in [-0.15, -0.1) is 11.3 Å². The van der Waals surface area contributed by atoms with Crippen LogP contribution in [0.4, 0.5) is 0 Å². The van der Waals surface area contributed by atoms with Crippen LogP contribution in [0.25, 0.3) is 0 Å². The van der Waals surface area contributed by atoms with Crippen molar-refractivity contribution < 1.29 is 4.79 Å². The minimum absolute atomic E-state index is 0.234. The molecule has 0 aliphatic carbocycles. The van der Waals surface area contributed by atoms with Crippen molar-refractivity contribution in [1.29, 1.82) is 0 Å². The number of thiophene rings is 1. The number of likely N-dealkylation sites (tertiary alicyclic amines) is 1. The number of ketones is 1. The van der Waals surface area contributed by atoms with Gasteiger partial charge < -0.3 is 4.90 Å². The minimum atomic E-state index is 0.234. The molecule has 0 saturated carbocycles. The van der Waals surface area contributed by atoms with E-state index in [1.165, 1.54) is 11.3 Å². The second kappa shape index (κ2) is 5.82. The number of hydrogen-bond donors (Lipinski definition) is 0. The molecule has 2 unspecified atom stereocenters. The first-order chi connectivity index (χ1) is 8.47. The van der Waals surface area contributed by atoms with E-state index in [4.69, 9.17) is 0 Å². The lowest BCUT2D eigenvalue weighted by Gasteiger charge is -2.22. The molecule has 3 nitrogen and oxygen atoms in total. The molecule has 1 aliphatic heterocycles. The average molecular weight is 331 g/mol. The molecule has 2 atom stereocenters. The third kappa shape index (κ3) is 3.20. The molecule has 0 spiro atoms. The Labute approximate surface area is 121 Å². The first-order valence-electron chi connectivity index (χ1n) is 6.14. The van der Waals surface area contributed by atoms with E-state index in [1.807, 2.05) is 12.1 Å². The molecule has 2 heterocycles. The molecule has 0 amide bonds. The Balaban J connectivity index is 1.93. The molecule has 18 heavy (non-hydrogen) atoms. The van der Waals surface area contributed by atoms with E-state index in [9.17, 15) is 4.79 Å². The van der Waals surface area contributed by atoms with E-state index in [2.05, 4.69) is 46.7 Å². The molecule has 0 radical (unpaired) electrons. The molecule has 0 aromatic carbocycles. The van der Waals surface area contributed by atoms with Gasteiger partial charge in [-0.3, -0.25) is 9.69 Å². The Kier molecular flexibility index (Phi) is 4.59. The van der Waals surface area contributed by atoms with Crippen molar-refractivity contribution in [1.82, 2.24) is 9.80 Å². The number of halogens is 1. The molecule has 0 N–H and O–H groups in total. The maximum Gasteiger partial charge on any atom is 0.186 e. The van der Waals surface area contributed by atoms with Gasteiger partial charge in [0.15, 0.2) is 5.78 Å². The molecule has 1 aromatic heterocycles. The van der Waals surface area contributed by atoms with E-state index < -0.39 is 0 Å². The maximum absolute atomic E-state index is 12.1. The predicted octanol–water partition coefficient (Wildman–Crippen LogP) is 2.58. The third-order valence-corrected chi connectivity index (χ3v) is 5.19. The molecule has 5 heteroatoms. The predicted molar refractivity (Wildman–Crippen MR) is 79.4 cm³/mol. The van der Waals surface area contributed by atoms with Crippen LogP contribution >= 0.6 is 27.3 Å².